The van der Waals surface area contributed by atoms with Crippen molar-refractivity contribution in [3.63, 3.8) is 0 Å². The van der Waals surface area contributed by atoms with Crippen LogP contribution < -0.4 is 5.32 Å². The van der Waals surface area contributed by atoms with Crippen LogP contribution in [0.3, 0.4) is 0 Å². The molecule has 0 aromatic heterocycles. The summed E-state index contributed by atoms with van der Waals surface area (Å²) in [5, 5.41) is 11.5. The van der Waals surface area contributed by atoms with Crippen LogP contribution in [0.4, 0.5) is 0 Å². The van der Waals surface area contributed by atoms with E-state index in [0.29, 0.717) is 13.0 Å². The molecule has 0 amide bonds. The van der Waals surface area contributed by atoms with E-state index in [1.165, 1.54) is 0 Å². The van der Waals surface area contributed by atoms with Crippen LogP contribution in [-0.4, -0.2) is 35.9 Å². The second-order valence-corrected chi connectivity index (χ2v) is 3.34. The lowest BCUT2D eigenvalue weighted by Crippen LogP contribution is -2.30. The van der Waals surface area contributed by atoms with Gasteiger partial charge in [-0.3, -0.25) is 4.79 Å². The minimum absolute atomic E-state index is 0. The van der Waals surface area contributed by atoms with Gasteiger partial charge in [-0.15, -0.1) is 12.4 Å². The fourth-order valence-electron chi connectivity index (χ4n) is 1.38. The van der Waals surface area contributed by atoms with E-state index in [4.69, 9.17) is 9.84 Å². The molecule has 0 aromatic rings. The Morgan fingerprint density at radius 1 is 1.62 bits per heavy atom. The lowest BCUT2D eigenvalue weighted by molar-refractivity contribution is -0.139. The highest BCUT2D eigenvalue weighted by molar-refractivity contribution is 5.85. The van der Waals surface area contributed by atoms with Gasteiger partial charge in [0.25, 0.3) is 0 Å². The van der Waals surface area contributed by atoms with Crippen molar-refractivity contribution in [2.75, 3.05) is 6.54 Å². The molecule has 2 atom stereocenters. The first-order valence-corrected chi connectivity index (χ1v) is 4.21. The normalized spacial score (nSPS) is 27.3. The molecule has 4 nitrogen and oxygen atoms in total. The lowest BCUT2D eigenvalue weighted by Gasteiger charge is -2.13. The topological polar surface area (TPSA) is 58.6 Å². The highest BCUT2D eigenvalue weighted by Gasteiger charge is 2.29. The Morgan fingerprint density at radius 3 is 2.62 bits per heavy atom. The van der Waals surface area contributed by atoms with Crippen molar-refractivity contribution in [3.05, 3.63) is 0 Å². The Morgan fingerprint density at radius 2 is 2.23 bits per heavy atom. The number of carbonyl (C=O) groups is 1. The highest BCUT2D eigenvalue weighted by atomic mass is 35.5. The van der Waals surface area contributed by atoms with Crippen molar-refractivity contribution in [3.8, 4) is 0 Å². The van der Waals surface area contributed by atoms with Gasteiger partial charge in [-0.2, -0.15) is 0 Å². The van der Waals surface area contributed by atoms with Crippen molar-refractivity contribution in [1.82, 2.24) is 5.32 Å². The van der Waals surface area contributed by atoms with Crippen LogP contribution in [0.5, 0.6) is 0 Å². The number of ether oxygens (including phenoxy) is 1. The third-order valence-corrected chi connectivity index (χ3v) is 1.85. The fourth-order valence-corrected chi connectivity index (χ4v) is 1.38. The Labute approximate surface area is 84.1 Å². The van der Waals surface area contributed by atoms with E-state index in [0.717, 1.165) is 0 Å². The van der Waals surface area contributed by atoms with Gasteiger partial charge < -0.3 is 15.2 Å². The maximum Gasteiger partial charge on any atom is 0.320 e. The van der Waals surface area contributed by atoms with Crippen molar-refractivity contribution in [2.45, 2.75) is 38.5 Å². The van der Waals surface area contributed by atoms with Gasteiger partial charge in [0.15, 0.2) is 0 Å². The Hall–Kier alpha value is -0.320. The van der Waals surface area contributed by atoms with Crippen molar-refractivity contribution in [1.29, 1.82) is 0 Å². The van der Waals surface area contributed by atoms with Gasteiger partial charge in [-0.25, -0.2) is 0 Å². The number of nitrogens with one attached hydrogen (secondary N) is 1. The average Bonchev–Trinajstić information content (AvgIpc) is 2.34. The maximum absolute atomic E-state index is 10.5. The summed E-state index contributed by atoms with van der Waals surface area (Å²) in [7, 11) is 0. The summed E-state index contributed by atoms with van der Waals surface area (Å²) in [6.07, 6.45) is 0.809. The summed E-state index contributed by atoms with van der Waals surface area (Å²) in [6, 6.07) is -0.422. The number of carboxylic acid groups (broad SMARTS) is 1. The Kier molecular flexibility index (Phi) is 5.29. The Balaban J connectivity index is 0.00000144. The molecule has 1 fully saturated rings. The van der Waals surface area contributed by atoms with E-state index >= 15 is 0 Å². The molecule has 13 heavy (non-hydrogen) atoms. The van der Waals surface area contributed by atoms with E-state index in [-0.39, 0.29) is 24.6 Å². The molecule has 0 spiro atoms. The van der Waals surface area contributed by atoms with Crippen LogP contribution in [0.15, 0.2) is 0 Å². The van der Waals surface area contributed by atoms with Crippen LogP contribution in [0.25, 0.3) is 0 Å². The predicted octanol–water partition coefficient (Wildman–Crippen LogP) is 0.648. The zero-order valence-electron chi connectivity index (χ0n) is 7.82. The van der Waals surface area contributed by atoms with E-state index in [1.54, 1.807) is 0 Å². The first-order valence-electron chi connectivity index (χ1n) is 4.21. The lowest BCUT2D eigenvalue weighted by atomic mass is 10.2. The monoisotopic (exact) mass is 209 g/mol. The van der Waals surface area contributed by atoms with Gasteiger partial charge in [0, 0.05) is 13.0 Å². The molecular weight excluding hydrogens is 194 g/mol. The molecule has 0 radical (unpaired) electrons. The van der Waals surface area contributed by atoms with Gasteiger partial charge in [0.1, 0.15) is 6.04 Å². The van der Waals surface area contributed by atoms with Crippen LogP contribution in [-0.2, 0) is 9.53 Å². The second-order valence-electron chi connectivity index (χ2n) is 3.34. The third-order valence-electron chi connectivity index (χ3n) is 1.85. The molecule has 0 saturated carbocycles. The molecule has 0 aliphatic carbocycles. The zero-order valence-corrected chi connectivity index (χ0v) is 8.63. The summed E-state index contributed by atoms with van der Waals surface area (Å²) in [4.78, 5) is 10.5. The van der Waals surface area contributed by atoms with Gasteiger partial charge in [0.05, 0.1) is 12.2 Å². The first-order chi connectivity index (χ1) is 5.59. The molecule has 1 aliphatic heterocycles. The van der Waals surface area contributed by atoms with E-state index in [9.17, 15) is 4.79 Å². The number of carboxylic acids is 1. The van der Waals surface area contributed by atoms with Crippen LogP contribution in [0.2, 0.25) is 0 Å². The highest BCUT2D eigenvalue weighted by Crippen LogP contribution is 2.12. The predicted molar refractivity (Wildman–Crippen MR) is 51.3 cm³/mol. The quantitative estimate of drug-likeness (QED) is 0.717. The van der Waals surface area contributed by atoms with Crippen molar-refractivity contribution >= 4 is 18.4 Å². The van der Waals surface area contributed by atoms with Crippen LogP contribution in [0.1, 0.15) is 20.3 Å². The molecule has 2 unspecified atom stereocenters. The zero-order chi connectivity index (χ0) is 9.14. The standard InChI is InChI=1S/C8H15NO3.ClH/c1-5(2)12-6-3-7(8(10)11)9-4-6;/h5-7,9H,3-4H2,1-2H3,(H,10,11);1H. The minimum Gasteiger partial charge on any atom is -0.480 e. The molecule has 1 rings (SSSR count). The SMILES string of the molecule is CC(C)OC1CNC(C(=O)O)C1.Cl. The third kappa shape index (κ3) is 3.93. The molecule has 0 bridgehead atoms. The average molecular weight is 210 g/mol. The van der Waals surface area contributed by atoms with Crippen LogP contribution in [0, 0.1) is 0 Å². The summed E-state index contributed by atoms with van der Waals surface area (Å²) in [5.41, 5.74) is 0. The molecule has 0 aromatic carbocycles. The molecular formula is C8H16ClNO3. The summed E-state index contributed by atoms with van der Waals surface area (Å²) in [6.45, 7) is 4.55. The summed E-state index contributed by atoms with van der Waals surface area (Å²) < 4.78 is 5.47. The number of rotatable bonds is 3. The second kappa shape index (κ2) is 5.42. The van der Waals surface area contributed by atoms with Gasteiger partial charge >= 0.3 is 5.97 Å². The van der Waals surface area contributed by atoms with E-state index in [1.807, 2.05) is 13.8 Å². The molecule has 1 heterocycles. The van der Waals surface area contributed by atoms with Crippen molar-refractivity contribution in [2.24, 2.45) is 0 Å². The summed E-state index contributed by atoms with van der Waals surface area (Å²) in [5.74, 6) is -0.787. The minimum atomic E-state index is -0.787. The molecule has 1 saturated heterocycles. The summed E-state index contributed by atoms with van der Waals surface area (Å²) >= 11 is 0. The maximum atomic E-state index is 10.5. The first kappa shape index (κ1) is 12.7. The Bertz CT molecular complexity index is 175. The number of hydrogen-bond acceptors (Lipinski definition) is 3. The van der Waals surface area contributed by atoms with E-state index in [2.05, 4.69) is 5.32 Å². The van der Waals surface area contributed by atoms with Gasteiger partial charge in [-0.05, 0) is 13.8 Å². The fraction of sp³-hybridized carbons (Fsp3) is 0.875. The smallest absolute Gasteiger partial charge is 0.320 e. The van der Waals surface area contributed by atoms with Crippen LogP contribution >= 0.6 is 12.4 Å². The molecule has 5 heteroatoms. The molecule has 1 aliphatic rings. The number of halogens is 1. The van der Waals surface area contributed by atoms with Gasteiger partial charge in [0.2, 0.25) is 0 Å². The number of hydrogen-bond donors (Lipinski definition) is 2. The molecule has 2 N–H and O–H groups in total. The number of aliphatic carboxylic acids is 1. The van der Waals surface area contributed by atoms with E-state index < -0.39 is 12.0 Å². The van der Waals surface area contributed by atoms with Gasteiger partial charge in [-0.1, -0.05) is 0 Å². The van der Waals surface area contributed by atoms with Crippen molar-refractivity contribution < 1.29 is 14.6 Å². The molecule has 78 valence electrons. The largest absolute Gasteiger partial charge is 0.480 e.